The molecule has 0 aliphatic heterocycles. The van der Waals surface area contributed by atoms with Gasteiger partial charge in [0, 0.05) is 19.3 Å². The topological polar surface area (TPSA) is 78.9 Å². The molecule has 0 radical (unpaired) electrons. The summed E-state index contributed by atoms with van der Waals surface area (Å²) in [6, 6.07) is 0. The number of ether oxygens (including phenoxy) is 3. The van der Waals surface area contributed by atoms with Crippen LogP contribution in [0.1, 0.15) is 400 Å². The van der Waals surface area contributed by atoms with Gasteiger partial charge in [-0.2, -0.15) is 0 Å². The lowest BCUT2D eigenvalue weighted by molar-refractivity contribution is -0.167. The Hall–Kier alpha value is -2.11. The Kier molecular flexibility index (Phi) is 65.6. The van der Waals surface area contributed by atoms with Crippen molar-refractivity contribution >= 4 is 17.9 Å². The second kappa shape index (κ2) is 67.4. The Morgan fingerprint density at radius 3 is 0.718 bits per heavy atom. The molecule has 460 valence electrons. The molecular weight excluding hydrogens is 961 g/mol. The number of rotatable bonds is 66. The smallest absolute Gasteiger partial charge is 0.306 e. The van der Waals surface area contributed by atoms with Crippen molar-refractivity contribution in [2.24, 2.45) is 0 Å². The van der Waals surface area contributed by atoms with E-state index in [4.69, 9.17) is 14.2 Å². The van der Waals surface area contributed by atoms with Crippen LogP contribution in [0.4, 0.5) is 0 Å². The second-order valence-electron chi connectivity index (χ2n) is 24.2. The van der Waals surface area contributed by atoms with Crippen molar-refractivity contribution in [1.82, 2.24) is 0 Å². The molecule has 0 rings (SSSR count). The average molecular weight is 1100 g/mol. The molecule has 1 atom stereocenters. The highest BCUT2D eigenvalue weighted by molar-refractivity contribution is 5.71. The van der Waals surface area contributed by atoms with Crippen LogP contribution in [-0.2, 0) is 28.6 Å². The molecule has 1 unspecified atom stereocenters. The van der Waals surface area contributed by atoms with Gasteiger partial charge in [-0.25, -0.2) is 0 Å². The molecule has 0 aliphatic rings. The van der Waals surface area contributed by atoms with E-state index in [-0.39, 0.29) is 31.1 Å². The van der Waals surface area contributed by atoms with E-state index in [1.807, 2.05) is 0 Å². The fourth-order valence-electron chi connectivity index (χ4n) is 10.9. The maximum Gasteiger partial charge on any atom is 0.306 e. The van der Waals surface area contributed by atoms with Crippen LogP contribution in [0.5, 0.6) is 0 Å². The number of carbonyl (C=O) groups excluding carboxylic acids is 3. The SMILES string of the molecule is CCCCCC/C=C\C/C=C\CCCCCCCCCC(=O)OCC(COC(=O)CCCCCCCCCCCCCCCCCCCCCCCC)OC(=O)CCCCCCCCCCCCCCCCCCCCCC. The van der Waals surface area contributed by atoms with Crippen molar-refractivity contribution in [3.63, 3.8) is 0 Å². The van der Waals surface area contributed by atoms with Crippen LogP contribution < -0.4 is 0 Å². The summed E-state index contributed by atoms with van der Waals surface area (Å²) >= 11 is 0. The van der Waals surface area contributed by atoms with E-state index < -0.39 is 6.10 Å². The molecule has 0 N–H and O–H groups in total. The van der Waals surface area contributed by atoms with Gasteiger partial charge in [0.25, 0.3) is 0 Å². The Balaban J connectivity index is 4.30. The number of unbranched alkanes of at least 4 members (excludes halogenated alkanes) is 51. The quantitative estimate of drug-likeness (QED) is 0.0261. The molecule has 0 spiro atoms. The van der Waals surface area contributed by atoms with Gasteiger partial charge in [0.05, 0.1) is 0 Å². The van der Waals surface area contributed by atoms with Crippen LogP contribution >= 0.6 is 0 Å². The van der Waals surface area contributed by atoms with Crippen LogP contribution in [0.15, 0.2) is 24.3 Å². The van der Waals surface area contributed by atoms with E-state index in [1.165, 1.54) is 289 Å². The van der Waals surface area contributed by atoms with Crippen LogP contribution in [0.3, 0.4) is 0 Å². The predicted molar refractivity (Wildman–Crippen MR) is 340 cm³/mol. The molecule has 0 saturated heterocycles. The van der Waals surface area contributed by atoms with Gasteiger partial charge < -0.3 is 14.2 Å². The molecule has 0 aliphatic carbocycles. The van der Waals surface area contributed by atoms with Gasteiger partial charge >= 0.3 is 17.9 Å². The molecule has 0 saturated carbocycles. The standard InChI is InChI=1S/C72H136O6/c1-4-7-10-13-16-19-22-25-28-31-34-36-37-39-41-44-47-50-53-56-59-62-65-71(74)77-68-69(67-76-70(73)64-61-58-55-52-49-46-43-40-33-30-27-24-21-18-15-12-9-6-3)78-72(75)66-63-60-57-54-51-48-45-42-38-35-32-29-26-23-20-17-14-11-8-5-2/h21,24,30,33,69H,4-20,22-23,25-29,31-32,34-68H2,1-3H3/b24-21-,33-30-. The largest absolute Gasteiger partial charge is 0.462 e. The van der Waals surface area contributed by atoms with Crippen LogP contribution in [0.25, 0.3) is 0 Å². The molecule has 0 fully saturated rings. The zero-order chi connectivity index (χ0) is 56.4. The minimum absolute atomic E-state index is 0.0670. The zero-order valence-electron chi connectivity index (χ0n) is 53.0. The molecule has 0 heterocycles. The lowest BCUT2D eigenvalue weighted by atomic mass is 10.0. The molecule has 6 nitrogen and oxygen atoms in total. The number of allylic oxidation sites excluding steroid dienone is 4. The summed E-state index contributed by atoms with van der Waals surface area (Å²) in [4.78, 5) is 38.5. The highest BCUT2D eigenvalue weighted by Gasteiger charge is 2.19. The Morgan fingerprint density at radius 2 is 0.462 bits per heavy atom. The monoisotopic (exact) mass is 1100 g/mol. The maximum atomic E-state index is 13.0. The van der Waals surface area contributed by atoms with Gasteiger partial charge in [0.1, 0.15) is 13.2 Å². The molecule has 78 heavy (non-hydrogen) atoms. The lowest BCUT2D eigenvalue weighted by Crippen LogP contribution is -2.30. The van der Waals surface area contributed by atoms with Crippen LogP contribution in [0, 0.1) is 0 Å². The summed E-state index contributed by atoms with van der Waals surface area (Å²) in [6.45, 7) is 6.71. The summed E-state index contributed by atoms with van der Waals surface area (Å²) in [7, 11) is 0. The van der Waals surface area contributed by atoms with Crippen LogP contribution in [0.2, 0.25) is 0 Å². The van der Waals surface area contributed by atoms with E-state index in [2.05, 4.69) is 45.1 Å². The summed E-state index contributed by atoms with van der Waals surface area (Å²) in [5.41, 5.74) is 0. The molecular formula is C72H136O6. The summed E-state index contributed by atoms with van der Waals surface area (Å²) < 4.78 is 17.0. The van der Waals surface area contributed by atoms with Crippen molar-refractivity contribution in [3.8, 4) is 0 Å². The van der Waals surface area contributed by atoms with E-state index >= 15 is 0 Å². The summed E-state index contributed by atoms with van der Waals surface area (Å²) in [6.07, 6.45) is 82.0. The van der Waals surface area contributed by atoms with Gasteiger partial charge in [-0.3, -0.25) is 14.4 Å². The average Bonchev–Trinajstić information content (AvgIpc) is 3.44. The highest BCUT2D eigenvalue weighted by Crippen LogP contribution is 2.19. The van der Waals surface area contributed by atoms with Crippen molar-refractivity contribution < 1.29 is 28.6 Å². The Bertz CT molecular complexity index is 1260. The first kappa shape index (κ1) is 75.9. The fourth-order valence-corrected chi connectivity index (χ4v) is 10.9. The molecule has 0 aromatic rings. The first-order valence-electron chi connectivity index (χ1n) is 35.3. The number of carbonyl (C=O) groups is 3. The Labute approximate surface area is 487 Å². The number of hydrogen-bond donors (Lipinski definition) is 0. The van der Waals surface area contributed by atoms with Crippen molar-refractivity contribution in [2.75, 3.05) is 13.2 Å². The first-order chi connectivity index (χ1) is 38.5. The van der Waals surface area contributed by atoms with E-state index in [9.17, 15) is 14.4 Å². The van der Waals surface area contributed by atoms with E-state index in [0.717, 1.165) is 70.6 Å². The van der Waals surface area contributed by atoms with Crippen molar-refractivity contribution in [2.45, 2.75) is 406 Å². The van der Waals surface area contributed by atoms with E-state index in [1.54, 1.807) is 0 Å². The van der Waals surface area contributed by atoms with E-state index in [0.29, 0.717) is 19.3 Å². The third kappa shape index (κ3) is 64.7. The highest BCUT2D eigenvalue weighted by atomic mass is 16.6. The first-order valence-corrected chi connectivity index (χ1v) is 35.3. The number of esters is 3. The second-order valence-corrected chi connectivity index (χ2v) is 24.2. The molecule has 0 aromatic heterocycles. The van der Waals surface area contributed by atoms with Gasteiger partial charge in [-0.15, -0.1) is 0 Å². The van der Waals surface area contributed by atoms with Gasteiger partial charge in [-0.1, -0.05) is 353 Å². The van der Waals surface area contributed by atoms with Gasteiger partial charge in [-0.05, 0) is 51.4 Å². The normalized spacial score (nSPS) is 12.1. The van der Waals surface area contributed by atoms with Crippen molar-refractivity contribution in [1.29, 1.82) is 0 Å². The lowest BCUT2D eigenvalue weighted by Gasteiger charge is -2.18. The number of hydrogen-bond acceptors (Lipinski definition) is 6. The zero-order valence-corrected chi connectivity index (χ0v) is 53.0. The molecule has 6 heteroatoms. The summed E-state index contributed by atoms with van der Waals surface area (Å²) in [5.74, 6) is -0.840. The van der Waals surface area contributed by atoms with Gasteiger partial charge in [0.15, 0.2) is 6.10 Å². The molecule has 0 bridgehead atoms. The third-order valence-electron chi connectivity index (χ3n) is 16.2. The summed E-state index contributed by atoms with van der Waals surface area (Å²) in [5, 5.41) is 0. The Morgan fingerprint density at radius 1 is 0.256 bits per heavy atom. The minimum Gasteiger partial charge on any atom is -0.462 e. The predicted octanol–water partition coefficient (Wildman–Crippen LogP) is 24.2. The van der Waals surface area contributed by atoms with Gasteiger partial charge in [0.2, 0.25) is 0 Å². The fraction of sp³-hybridized carbons (Fsp3) is 0.903. The minimum atomic E-state index is -0.772. The molecule has 0 amide bonds. The molecule has 0 aromatic carbocycles. The van der Waals surface area contributed by atoms with Crippen molar-refractivity contribution in [3.05, 3.63) is 24.3 Å². The maximum absolute atomic E-state index is 13.0. The van der Waals surface area contributed by atoms with Crippen LogP contribution in [-0.4, -0.2) is 37.2 Å². The third-order valence-corrected chi connectivity index (χ3v) is 16.2.